The molecule has 0 bridgehead atoms. The Kier molecular flexibility index (Phi) is 3.63. The third-order valence-electron chi connectivity index (χ3n) is 3.60. The number of nitrogens with one attached hydrogen (secondary N) is 1. The number of nitrogens with zero attached hydrogens (tertiary/aromatic N) is 2. The van der Waals surface area contributed by atoms with Crippen molar-refractivity contribution in [3.05, 3.63) is 41.6 Å². The molecule has 0 saturated heterocycles. The highest BCUT2D eigenvalue weighted by Crippen LogP contribution is 2.39. The molecule has 20 heavy (non-hydrogen) atoms. The molecule has 1 heterocycles. The second-order valence-electron chi connectivity index (χ2n) is 5.28. The lowest BCUT2D eigenvalue weighted by atomic mass is 10.2. The maximum atomic E-state index is 5.44. The summed E-state index contributed by atoms with van der Waals surface area (Å²) in [7, 11) is 1.99. The third-order valence-corrected chi connectivity index (χ3v) is 3.60. The molecule has 0 aliphatic heterocycles. The Hall–Kier alpha value is -1.97. The van der Waals surface area contributed by atoms with Crippen LogP contribution in [-0.2, 0) is 13.6 Å². The van der Waals surface area contributed by atoms with Gasteiger partial charge in [0.25, 0.3) is 0 Å². The highest BCUT2D eigenvalue weighted by molar-refractivity contribution is 5.40. The molecule has 1 aromatic carbocycles. The maximum Gasteiger partial charge on any atom is 0.124 e. The minimum atomic E-state index is 0.697. The van der Waals surface area contributed by atoms with Gasteiger partial charge in [-0.3, -0.25) is 4.68 Å². The average Bonchev–Trinajstić information content (AvgIpc) is 3.23. The summed E-state index contributed by atoms with van der Waals surface area (Å²) in [5.74, 6) is 2.70. The molecule has 2 aromatic rings. The van der Waals surface area contributed by atoms with E-state index in [1.54, 1.807) is 0 Å². The van der Waals surface area contributed by atoms with Gasteiger partial charge < -0.3 is 10.1 Å². The van der Waals surface area contributed by atoms with Crippen LogP contribution in [0.1, 0.15) is 36.9 Å². The zero-order valence-electron chi connectivity index (χ0n) is 12.1. The van der Waals surface area contributed by atoms with Crippen LogP contribution in [0.5, 0.6) is 5.75 Å². The molecule has 1 N–H and O–H groups in total. The quantitative estimate of drug-likeness (QED) is 0.876. The second-order valence-corrected chi connectivity index (χ2v) is 5.28. The molecule has 1 aliphatic carbocycles. The van der Waals surface area contributed by atoms with E-state index < -0.39 is 0 Å². The van der Waals surface area contributed by atoms with Gasteiger partial charge in [-0.25, -0.2) is 0 Å². The Labute approximate surface area is 119 Å². The summed E-state index contributed by atoms with van der Waals surface area (Å²) in [6.07, 6.45) is 2.57. The minimum Gasteiger partial charge on any atom is -0.494 e. The first-order valence-corrected chi connectivity index (χ1v) is 7.26. The fraction of sp³-hybridized carbons (Fsp3) is 0.438. The molecule has 4 heteroatoms. The van der Waals surface area contributed by atoms with Crippen molar-refractivity contribution < 1.29 is 4.74 Å². The second kappa shape index (κ2) is 5.57. The van der Waals surface area contributed by atoms with E-state index in [1.165, 1.54) is 24.1 Å². The fourth-order valence-electron chi connectivity index (χ4n) is 2.30. The van der Waals surface area contributed by atoms with Gasteiger partial charge in [-0.05, 0) is 37.5 Å². The van der Waals surface area contributed by atoms with Crippen molar-refractivity contribution in [2.24, 2.45) is 7.05 Å². The molecule has 1 aliphatic rings. The molecule has 0 spiro atoms. The van der Waals surface area contributed by atoms with Crippen LogP contribution in [0, 0.1) is 0 Å². The summed E-state index contributed by atoms with van der Waals surface area (Å²) in [6, 6.07) is 10.4. The number of aromatic nitrogens is 2. The number of ether oxygens (including phenoxy) is 1. The largest absolute Gasteiger partial charge is 0.494 e. The summed E-state index contributed by atoms with van der Waals surface area (Å²) in [6.45, 7) is 3.50. The Balaban J connectivity index is 1.60. The smallest absolute Gasteiger partial charge is 0.124 e. The molecule has 0 amide bonds. The predicted molar refractivity (Wildman–Crippen MR) is 80.1 cm³/mol. The number of benzene rings is 1. The Morgan fingerprint density at radius 3 is 2.70 bits per heavy atom. The van der Waals surface area contributed by atoms with Gasteiger partial charge in [0.2, 0.25) is 0 Å². The van der Waals surface area contributed by atoms with Gasteiger partial charge in [0.05, 0.1) is 12.3 Å². The Morgan fingerprint density at radius 2 is 2.05 bits per heavy atom. The fourth-order valence-corrected chi connectivity index (χ4v) is 2.30. The van der Waals surface area contributed by atoms with E-state index >= 15 is 0 Å². The lowest BCUT2D eigenvalue weighted by Crippen LogP contribution is -2.04. The SMILES string of the molecule is CCOc1ccc(CNc2cc(C3CC3)nn2C)cc1. The van der Waals surface area contributed by atoms with E-state index in [4.69, 9.17) is 4.74 Å². The number of hydrogen-bond donors (Lipinski definition) is 1. The summed E-state index contributed by atoms with van der Waals surface area (Å²) in [5.41, 5.74) is 2.46. The summed E-state index contributed by atoms with van der Waals surface area (Å²) < 4.78 is 7.38. The van der Waals surface area contributed by atoms with E-state index in [0.29, 0.717) is 12.5 Å². The summed E-state index contributed by atoms with van der Waals surface area (Å²) in [5, 5.41) is 8.00. The van der Waals surface area contributed by atoms with Crippen LogP contribution < -0.4 is 10.1 Å². The normalized spacial score (nSPS) is 14.3. The number of rotatable bonds is 6. The van der Waals surface area contributed by atoms with E-state index in [-0.39, 0.29) is 0 Å². The highest BCUT2D eigenvalue weighted by atomic mass is 16.5. The highest BCUT2D eigenvalue weighted by Gasteiger charge is 2.26. The van der Waals surface area contributed by atoms with E-state index in [9.17, 15) is 0 Å². The first-order valence-electron chi connectivity index (χ1n) is 7.26. The molecular formula is C16H21N3O. The van der Waals surface area contributed by atoms with Crippen molar-refractivity contribution in [3.8, 4) is 5.75 Å². The average molecular weight is 271 g/mol. The van der Waals surface area contributed by atoms with Crippen molar-refractivity contribution in [2.45, 2.75) is 32.2 Å². The molecule has 0 atom stereocenters. The van der Waals surface area contributed by atoms with Crippen molar-refractivity contribution >= 4 is 5.82 Å². The van der Waals surface area contributed by atoms with Gasteiger partial charge >= 0.3 is 0 Å². The zero-order chi connectivity index (χ0) is 13.9. The van der Waals surface area contributed by atoms with E-state index in [2.05, 4.69) is 28.6 Å². The predicted octanol–water partition coefficient (Wildman–Crippen LogP) is 3.31. The van der Waals surface area contributed by atoms with Gasteiger partial charge in [0, 0.05) is 25.6 Å². The monoisotopic (exact) mass is 271 g/mol. The van der Waals surface area contributed by atoms with Gasteiger partial charge in [-0.15, -0.1) is 0 Å². The molecule has 1 fully saturated rings. The first-order chi connectivity index (χ1) is 9.76. The van der Waals surface area contributed by atoms with Gasteiger partial charge in [0.15, 0.2) is 0 Å². The van der Waals surface area contributed by atoms with Crippen molar-refractivity contribution in [1.29, 1.82) is 0 Å². The van der Waals surface area contributed by atoms with Crippen molar-refractivity contribution in [3.63, 3.8) is 0 Å². The van der Waals surface area contributed by atoms with Crippen LogP contribution in [0.25, 0.3) is 0 Å². The van der Waals surface area contributed by atoms with Crippen LogP contribution in [-0.4, -0.2) is 16.4 Å². The van der Waals surface area contributed by atoms with E-state index in [1.807, 2.05) is 30.8 Å². The summed E-state index contributed by atoms with van der Waals surface area (Å²) in [4.78, 5) is 0. The Morgan fingerprint density at radius 1 is 1.30 bits per heavy atom. The molecule has 106 valence electrons. The molecule has 1 aromatic heterocycles. The number of anilines is 1. The first kappa shape index (κ1) is 13.0. The van der Waals surface area contributed by atoms with Crippen LogP contribution in [0.4, 0.5) is 5.82 Å². The van der Waals surface area contributed by atoms with Crippen molar-refractivity contribution in [2.75, 3.05) is 11.9 Å². The maximum absolute atomic E-state index is 5.44. The van der Waals surface area contributed by atoms with E-state index in [0.717, 1.165) is 18.1 Å². The van der Waals surface area contributed by atoms with Crippen LogP contribution in [0.2, 0.25) is 0 Å². The molecule has 3 rings (SSSR count). The zero-order valence-corrected chi connectivity index (χ0v) is 12.1. The van der Waals surface area contributed by atoms with Crippen LogP contribution in [0.3, 0.4) is 0 Å². The molecule has 1 saturated carbocycles. The van der Waals surface area contributed by atoms with Gasteiger partial charge in [-0.2, -0.15) is 5.10 Å². The lowest BCUT2D eigenvalue weighted by Gasteiger charge is -2.07. The molecule has 0 unspecified atom stereocenters. The number of hydrogen-bond acceptors (Lipinski definition) is 3. The molecular weight excluding hydrogens is 250 g/mol. The lowest BCUT2D eigenvalue weighted by molar-refractivity contribution is 0.340. The summed E-state index contributed by atoms with van der Waals surface area (Å²) >= 11 is 0. The topological polar surface area (TPSA) is 39.1 Å². The minimum absolute atomic E-state index is 0.697. The molecule has 0 radical (unpaired) electrons. The van der Waals surface area contributed by atoms with Crippen molar-refractivity contribution in [1.82, 2.24) is 9.78 Å². The third kappa shape index (κ3) is 2.95. The molecule has 4 nitrogen and oxygen atoms in total. The van der Waals surface area contributed by atoms with Gasteiger partial charge in [-0.1, -0.05) is 12.1 Å². The standard InChI is InChI=1S/C16H21N3O/c1-3-20-14-8-4-12(5-9-14)11-17-16-10-15(13-6-7-13)18-19(16)2/h4-5,8-10,13,17H,3,6-7,11H2,1-2H3. The van der Waals surface area contributed by atoms with Crippen LogP contribution in [0.15, 0.2) is 30.3 Å². The van der Waals surface area contributed by atoms with Gasteiger partial charge in [0.1, 0.15) is 11.6 Å². The Bertz CT molecular complexity index is 570. The van der Waals surface area contributed by atoms with Crippen LogP contribution >= 0.6 is 0 Å². The number of aryl methyl sites for hydroxylation is 1.